The molecule has 1 aromatic heterocycles. The number of nitrogens with zero attached hydrogens (tertiary/aromatic N) is 1. The second kappa shape index (κ2) is 6.65. The smallest absolute Gasteiger partial charge is 0.272 e. The summed E-state index contributed by atoms with van der Waals surface area (Å²) in [5.74, 6) is -2.73. The average Bonchev–Trinajstić information content (AvgIpc) is 2.87. The Morgan fingerprint density at radius 2 is 2.04 bits per heavy atom. The van der Waals surface area contributed by atoms with Crippen LogP contribution in [0.1, 0.15) is 23.0 Å². The molecule has 1 aromatic carbocycles. The fourth-order valence-electron chi connectivity index (χ4n) is 2.88. The van der Waals surface area contributed by atoms with Crippen molar-refractivity contribution < 1.29 is 22.0 Å². The Kier molecular flexibility index (Phi) is 4.68. The Hall–Kier alpha value is -2.52. The van der Waals surface area contributed by atoms with E-state index >= 15 is 0 Å². The van der Waals surface area contributed by atoms with Crippen LogP contribution in [0.5, 0.6) is 0 Å². The maximum atomic E-state index is 13.3. The molecule has 0 saturated heterocycles. The van der Waals surface area contributed by atoms with Gasteiger partial charge in [0.15, 0.2) is 11.6 Å². The molecule has 138 valence electrons. The van der Waals surface area contributed by atoms with Crippen LogP contribution in [-0.2, 0) is 23.5 Å². The second-order valence-electron chi connectivity index (χ2n) is 6.06. The van der Waals surface area contributed by atoms with Crippen LogP contribution in [0, 0.1) is 11.6 Å². The third kappa shape index (κ3) is 3.40. The SMILES string of the molecule is CC1/C=C\Cc2c(cn(C)c2C(=O)Nc2ccc(F)c(F)c2)S(=O)(=O)N1. The van der Waals surface area contributed by atoms with Gasteiger partial charge in [-0.25, -0.2) is 21.9 Å². The van der Waals surface area contributed by atoms with Crippen LogP contribution < -0.4 is 10.0 Å². The second-order valence-corrected chi connectivity index (χ2v) is 7.74. The lowest BCUT2D eigenvalue weighted by molar-refractivity contribution is 0.101. The van der Waals surface area contributed by atoms with Gasteiger partial charge >= 0.3 is 0 Å². The van der Waals surface area contributed by atoms with Crippen LogP contribution in [0.25, 0.3) is 0 Å². The summed E-state index contributed by atoms with van der Waals surface area (Å²) in [5.41, 5.74) is 0.539. The molecule has 1 aliphatic heterocycles. The molecule has 0 radical (unpaired) electrons. The molecule has 9 heteroatoms. The molecule has 0 fully saturated rings. The number of sulfonamides is 1. The highest BCUT2D eigenvalue weighted by Crippen LogP contribution is 2.26. The first-order chi connectivity index (χ1) is 12.2. The number of aromatic nitrogens is 1. The Morgan fingerprint density at radius 1 is 1.31 bits per heavy atom. The first-order valence-electron chi connectivity index (χ1n) is 7.82. The molecule has 0 bridgehead atoms. The van der Waals surface area contributed by atoms with E-state index in [1.807, 2.05) is 0 Å². The van der Waals surface area contributed by atoms with Crippen molar-refractivity contribution in [1.29, 1.82) is 0 Å². The molecule has 2 aromatic rings. The number of fused-ring (bicyclic) bond motifs is 1. The molecule has 0 aliphatic carbocycles. The first kappa shape index (κ1) is 18.3. The van der Waals surface area contributed by atoms with Crippen molar-refractivity contribution in [2.24, 2.45) is 7.05 Å². The summed E-state index contributed by atoms with van der Waals surface area (Å²) in [4.78, 5) is 12.7. The summed E-state index contributed by atoms with van der Waals surface area (Å²) in [5, 5.41) is 2.47. The van der Waals surface area contributed by atoms with Gasteiger partial charge in [-0.05, 0) is 25.5 Å². The molecule has 3 rings (SSSR count). The maximum absolute atomic E-state index is 13.3. The minimum atomic E-state index is -3.78. The number of carbonyl (C=O) groups excluding carboxylic acids is 1. The predicted molar refractivity (Wildman–Crippen MR) is 92.4 cm³/mol. The van der Waals surface area contributed by atoms with Gasteiger partial charge in [-0.2, -0.15) is 0 Å². The van der Waals surface area contributed by atoms with Crippen molar-refractivity contribution in [1.82, 2.24) is 9.29 Å². The zero-order chi connectivity index (χ0) is 19.1. The van der Waals surface area contributed by atoms with Crippen molar-refractivity contribution in [2.75, 3.05) is 5.32 Å². The number of halogens is 2. The summed E-state index contributed by atoms with van der Waals surface area (Å²) in [6.07, 6.45) is 5.09. The largest absolute Gasteiger partial charge is 0.345 e. The van der Waals surface area contributed by atoms with Crippen LogP contribution in [0.2, 0.25) is 0 Å². The third-order valence-electron chi connectivity index (χ3n) is 4.02. The molecule has 2 N–H and O–H groups in total. The molecule has 1 aliphatic rings. The van der Waals surface area contributed by atoms with Crippen molar-refractivity contribution >= 4 is 21.6 Å². The van der Waals surface area contributed by atoms with Crippen LogP contribution in [0.3, 0.4) is 0 Å². The summed E-state index contributed by atoms with van der Waals surface area (Å²) in [7, 11) is -2.23. The summed E-state index contributed by atoms with van der Waals surface area (Å²) >= 11 is 0. The van der Waals surface area contributed by atoms with Crippen molar-refractivity contribution in [3.8, 4) is 0 Å². The van der Waals surface area contributed by atoms with Crippen LogP contribution >= 0.6 is 0 Å². The Morgan fingerprint density at radius 3 is 2.73 bits per heavy atom. The number of hydrogen-bond acceptors (Lipinski definition) is 3. The summed E-state index contributed by atoms with van der Waals surface area (Å²) in [6, 6.07) is 2.62. The number of hydrogen-bond donors (Lipinski definition) is 2. The maximum Gasteiger partial charge on any atom is 0.272 e. The fraction of sp³-hybridized carbons (Fsp3) is 0.235. The monoisotopic (exact) mass is 381 g/mol. The topological polar surface area (TPSA) is 80.2 Å². The number of allylic oxidation sites excluding steroid dienone is 1. The van der Waals surface area contributed by atoms with Gasteiger partial charge in [-0.3, -0.25) is 4.79 Å². The van der Waals surface area contributed by atoms with Crippen molar-refractivity contribution in [3.05, 3.63) is 59.4 Å². The molecule has 1 unspecified atom stereocenters. The minimum Gasteiger partial charge on any atom is -0.345 e. The highest BCUT2D eigenvalue weighted by Gasteiger charge is 2.29. The Bertz CT molecular complexity index is 1010. The van der Waals surface area contributed by atoms with E-state index in [0.717, 1.165) is 12.1 Å². The van der Waals surface area contributed by atoms with E-state index in [1.165, 1.54) is 16.8 Å². The van der Waals surface area contributed by atoms with Gasteiger partial charge in [0, 0.05) is 36.6 Å². The van der Waals surface area contributed by atoms with Crippen molar-refractivity contribution in [2.45, 2.75) is 24.3 Å². The molecular formula is C17H17F2N3O3S. The highest BCUT2D eigenvalue weighted by atomic mass is 32.2. The Labute approximate surface area is 149 Å². The number of nitrogens with one attached hydrogen (secondary N) is 2. The zero-order valence-corrected chi connectivity index (χ0v) is 14.9. The van der Waals surface area contributed by atoms with Crippen molar-refractivity contribution in [3.63, 3.8) is 0 Å². The average molecular weight is 381 g/mol. The van der Waals surface area contributed by atoms with Gasteiger partial charge in [-0.15, -0.1) is 0 Å². The molecule has 0 spiro atoms. The third-order valence-corrected chi connectivity index (χ3v) is 5.63. The van der Waals surface area contributed by atoms with E-state index in [0.29, 0.717) is 5.56 Å². The lowest BCUT2D eigenvalue weighted by Gasteiger charge is -2.14. The molecule has 6 nitrogen and oxygen atoms in total. The van der Waals surface area contributed by atoms with Gasteiger partial charge in [0.05, 0.1) is 0 Å². The molecule has 0 saturated carbocycles. The van der Waals surface area contributed by atoms with Gasteiger partial charge in [0.25, 0.3) is 5.91 Å². The van der Waals surface area contributed by atoms with Gasteiger partial charge in [0.2, 0.25) is 10.0 Å². The normalized spacial score (nSPS) is 19.9. The molecule has 1 atom stereocenters. The van der Waals surface area contributed by atoms with Crippen LogP contribution in [0.4, 0.5) is 14.5 Å². The fourth-order valence-corrected chi connectivity index (χ4v) is 4.37. The number of rotatable bonds is 2. The van der Waals surface area contributed by atoms with Crippen LogP contribution in [-0.4, -0.2) is 24.9 Å². The zero-order valence-electron chi connectivity index (χ0n) is 14.1. The standard InChI is InChI=1S/C17H17F2N3O3S/c1-10-4-3-5-12-15(26(24,25)21-10)9-22(2)16(12)17(23)20-11-6-7-13(18)14(19)8-11/h3-4,6-10,21H,5H2,1-2H3,(H,20,23)/b4-3-. The number of anilines is 1. The lowest BCUT2D eigenvalue weighted by Crippen LogP contribution is -2.32. The van der Waals surface area contributed by atoms with Crippen LogP contribution in [0.15, 0.2) is 41.4 Å². The number of benzene rings is 1. The lowest BCUT2D eigenvalue weighted by atomic mass is 10.1. The molecule has 2 heterocycles. The van der Waals surface area contributed by atoms with E-state index in [9.17, 15) is 22.0 Å². The van der Waals surface area contributed by atoms with E-state index < -0.39 is 27.6 Å². The van der Waals surface area contributed by atoms with E-state index in [2.05, 4.69) is 10.0 Å². The van der Waals surface area contributed by atoms with Gasteiger partial charge in [-0.1, -0.05) is 12.2 Å². The van der Waals surface area contributed by atoms with Gasteiger partial charge in [0.1, 0.15) is 10.6 Å². The number of carbonyl (C=O) groups is 1. The minimum absolute atomic E-state index is 0.0200. The van der Waals surface area contributed by atoms with E-state index in [1.54, 1.807) is 26.1 Å². The number of aryl methyl sites for hydroxylation is 1. The summed E-state index contributed by atoms with van der Waals surface area (Å²) < 4.78 is 55.3. The van der Waals surface area contributed by atoms with E-state index in [4.69, 9.17) is 0 Å². The number of amides is 1. The van der Waals surface area contributed by atoms with E-state index in [-0.39, 0.29) is 28.7 Å². The van der Waals surface area contributed by atoms with Gasteiger partial charge < -0.3 is 9.88 Å². The molecule has 1 amide bonds. The molecular weight excluding hydrogens is 364 g/mol. The summed E-state index contributed by atoms with van der Waals surface area (Å²) in [6.45, 7) is 1.71. The Balaban J connectivity index is 2.01. The molecule has 26 heavy (non-hydrogen) atoms. The quantitative estimate of drug-likeness (QED) is 0.784. The predicted octanol–water partition coefficient (Wildman–Crippen LogP) is 2.33. The first-order valence-corrected chi connectivity index (χ1v) is 9.31. The highest BCUT2D eigenvalue weighted by molar-refractivity contribution is 7.89.